The number of likely N-dealkylation sites (tertiary alicyclic amines) is 1. The second kappa shape index (κ2) is 9.90. The second-order valence-corrected chi connectivity index (χ2v) is 8.88. The van der Waals surface area contributed by atoms with E-state index in [9.17, 15) is 13.6 Å². The number of anilines is 1. The van der Waals surface area contributed by atoms with Crippen LogP contribution in [0.3, 0.4) is 0 Å². The standard InChI is InChI=1S/C24H31F2N5O/c1-15(17-5-7-18(25)8-6-17)21-23(27-9-12-31-10-3-4-11-31)28-16(2)22(30-21)24(32)29-20-13-19(26)14-20/h5-8,15,19-20H,3-4,9-14H2,1-2H3,(H,27,28)(H,29,32). The quantitative estimate of drug-likeness (QED) is 0.649. The smallest absolute Gasteiger partial charge is 0.271 e. The van der Waals surface area contributed by atoms with Crippen LogP contribution in [0.4, 0.5) is 14.6 Å². The molecule has 4 rings (SSSR count). The fraction of sp³-hybridized carbons (Fsp3) is 0.542. The maximum absolute atomic E-state index is 13.4. The van der Waals surface area contributed by atoms with Crippen LogP contribution in [0.15, 0.2) is 24.3 Å². The molecule has 1 saturated carbocycles. The minimum absolute atomic E-state index is 0.157. The van der Waals surface area contributed by atoms with Crippen LogP contribution < -0.4 is 10.6 Å². The summed E-state index contributed by atoms with van der Waals surface area (Å²) in [6.45, 7) is 7.61. The van der Waals surface area contributed by atoms with Crippen molar-refractivity contribution in [3.8, 4) is 0 Å². The highest BCUT2D eigenvalue weighted by molar-refractivity contribution is 5.93. The lowest BCUT2D eigenvalue weighted by molar-refractivity contribution is 0.0854. The molecular weight excluding hydrogens is 412 g/mol. The van der Waals surface area contributed by atoms with Gasteiger partial charge < -0.3 is 15.5 Å². The number of nitrogens with one attached hydrogen (secondary N) is 2. The summed E-state index contributed by atoms with van der Waals surface area (Å²) in [5.74, 6) is -0.180. The molecule has 1 unspecified atom stereocenters. The van der Waals surface area contributed by atoms with E-state index in [0.717, 1.165) is 31.7 Å². The van der Waals surface area contributed by atoms with Gasteiger partial charge in [-0.2, -0.15) is 0 Å². The summed E-state index contributed by atoms with van der Waals surface area (Å²) in [7, 11) is 0. The maximum Gasteiger partial charge on any atom is 0.271 e. The average molecular weight is 444 g/mol. The molecule has 2 heterocycles. The molecule has 0 radical (unpaired) electrons. The Labute approximate surface area is 187 Å². The third kappa shape index (κ3) is 5.23. The van der Waals surface area contributed by atoms with Gasteiger partial charge in [-0.15, -0.1) is 0 Å². The molecular formula is C24H31F2N5O. The zero-order chi connectivity index (χ0) is 22.7. The average Bonchev–Trinajstić information content (AvgIpc) is 3.26. The normalized spacial score (nSPS) is 21.8. The summed E-state index contributed by atoms with van der Waals surface area (Å²) in [6.07, 6.45) is 2.31. The largest absolute Gasteiger partial charge is 0.367 e. The number of hydrogen-bond acceptors (Lipinski definition) is 5. The monoisotopic (exact) mass is 443 g/mol. The molecule has 1 amide bonds. The molecule has 0 spiro atoms. The highest BCUT2D eigenvalue weighted by Crippen LogP contribution is 2.29. The number of amides is 1. The summed E-state index contributed by atoms with van der Waals surface area (Å²) in [5, 5.41) is 6.27. The molecule has 1 aliphatic heterocycles. The van der Waals surface area contributed by atoms with Gasteiger partial charge in [0.2, 0.25) is 0 Å². The molecule has 1 aliphatic carbocycles. The molecule has 2 aromatic rings. The van der Waals surface area contributed by atoms with Crippen LogP contribution in [0.25, 0.3) is 0 Å². The molecule has 8 heteroatoms. The fourth-order valence-electron chi connectivity index (χ4n) is 4.35. The molecule has 1 atom stereocenters. The first-order chi connectivity index (χ1) is 15.4. The lowest BCUT2D eigenvalue weighted by Gasteiger charge is -2.30. The van der Waals surface area contributed by atoms with Crippen molar-refractivity contribution >= 4 is 11.7 Å². The summed E-state index contributed by atoms with van der Waals surface area (Å²) in [5.41, 5.74) is 2.31. The number of nitrogens with zero attached hydrogens (tertiary/aromatic N) is 3. The van der Waals surface area contributed by atoms with Crippen LogP contribution in [0.2, 0.25) is 0 Å². The summed E-state index contributed by atoms with van der Waals surface area (Å²) in [4.78, 5) is 24.6. The van der Waals surface area contributed by atoms with Crippen LogP contribution >= 0.6 is 0 Å². The zero-order valence-electron chi connectivity index (χ0n) is 18.7. The van der Waals surface area contributed by atoms with Crippen LogP contribution in [0, 0.1) is 12.7 Å². The van der Waals surface area contributed by atoms with E-state index in [4.69, 9.17) is 4.98 Å². The van der Waals surface area contributed by atoms with Gasteiger partial charge in [-0.1, -0.05) is 19.1 Å². The number of aromatic nitrogens is 2. The van der Waals surface area contributed by atoms with Crippen LogP contribution in [0.1, 0.15) is 66.0 Å². The SMILES string of the molecule is Cc1nc(NCCN2CCCC2)c(C(C)c2ccc(F)cc2)nc1C(=O)NC1CC(F)C1. The predicted molar refractivity (Wildman–Crippen MR) is 120 cm³/mol. The molecule has 2 aliphatic rings. The predicted octanol–water partition coefficient (Wildman–Crippen LogP) is 3.81. The molecule has 1 saturated heterocycles. The number of rotatable bonds is 8. The molecule has 2 N–H and O–H groups in total. The third-order valence-corrected chi connectivity index (χ3v) is 6.43. The highest BCUT2D eigenvalue weighted by atomic mass is 19.1. The topological polar surface area (TPSA) is 70.2 Å². The van der Waals surface area contributed by atoms with Gasteiger partial charge in [0.15, 0.2) is 0 Å². The number of alkyl halides is 1. The van der Waals surface area contributed by atoms with Gasteiger partial charge in [0.25, 0.3) is 5.91 Å². The van der Waals surface area contributed by atoms with E-state index in [1.54, 1.807) is 19.1 Å². The molecule has 6 nitrogen and oxygen atoms in total. The van der Waals surface area contributed by atoms with Crippen LogP contribution in [0.5, 0.6) is 0 Å². The van der Waals surface area contributed by atoms with Crippen molar-refractivity contribution in [3.63, 3.8) is 0 Å². The van der Waals surface area contributed by atoms with E-state index in [2.05, 4.69) is 20.5 Å². The van der Waals surface area contributed by atoms with E-state index in [0.29, 0.717) is 30.0 Å². The maximum atomic E-state index is 13.4. The van der Waals surface area contributed by atoms with Crippen molar-refractivity contribution in [2.24, 2.45) is 0 Å². The lowest BCUT2D eigenvalue weighted by Crippen LogP contribution is -2.45. The van der Waals surface area contributed by atoms with E-state index < -0.39 is 6.17 Å². The molecule has 0 bridgehead atoms. The fourth-order valence-corrected chi connectivity index (χ4v) is 4.35. The van der Waals surface area contributed by atoms with E-state index in [1.807, 2.05) is 6.92 Å². The van der Waals surface area contributed by atoms with E-state index >= 15 is 0 Å². The Morgan fingerprint density at radius 3 is 2.53 bits per heavy atom. The van der Waals surface area contributed by atoms with Gasteiger partial charge in [0.05, 0.1) is 11.4 Å². The first kappa shape index (κ1) is 22.6. The van der Waals surface area contributed by atoms with E-state index in [-0.39, 0.29) is 29.4 Å². The summed E-state index contributed by atoms with van der Waals surface area (Å²) < 4.78 is 26.6. The van der Waals surface area contributed by atoms with Crippen molar-refractivity contribution in [1.29, 1.82) is 0 Å². The van der Waals surface area contributed by atoms with Crippen molar-refractivity contribution in [1.82, 2.24) is 20.2 Å². The Morgan fingerprint density at radius 2 is 1.88 bits per heavy atom. The zero-order valence-corrected chi connectivity index (χ0v) is 18.7. The Balaban J connectivity index is 1.57. The van der Waals surface area contributed by atoms with Gasteiger partial charge >= 0.3 is 0 Å². The second-order valence-electron chi connectivity index (χ2n) is 8.88. The highest BCUT2D eigenvalue weighted by Gasteiger charge is 2.31. The van der Waals surface area contributed by atoms with Crippen LogP contribution in [-0.2, 0) is 0 Å². The van der Waals surface area contributed by atoms with Gasteiger partial charge in [-0.3, -0.25) is 4.79 Å². The first-order valence-electron chi connectivity index (χ1n) is 11.5. The number of aryl methyl sites for hydroxylation is 1. The number of halogens is 2. The number of hydrogen-bond donors (Lipinski definition) is 2. The summed E-state index contributed by atoms with van der Waals surface area (Å²) >= 11 is 0. The number of carbonyl (C=O) groups excluding carboxylic acids is 1. The Kier molecular flexibility index (Phi) is 6.98. The molecule has 172 valence electrons. The van der Waals surface area contributed by atoms with Crippen molar-refractivity contribution < 1.29 is 13.6 Å². The minimum atomic E-state index is -0.844. The van der Waals surface area contributed by atoms with Crippen molar-refractivity contribution in [2.75, 3.05) is 31.5 Å². The number of carbonyl (C=O) groups is 1. The van der Waals surface area contributed by atoms with Gasteiger partial charge in [-0.05, 0) is 63.4 Å². The Bertz CT molecular complexity index is 940. The van der Waals surface area contributed by atoms with Crippen molar-refractivity contribution in [2.45, 2.75) is 57.7 Å². The lowest BCUT2D eigenvalue weighted by atomic mass is 9.90. The number of benzene rings is 1. The molecule has 2 fully saturated rings. The van der Waals surface area contributed by atoms with Gasteiger partial charge in [-0.25, -0.2) is 18.7 Å². The van der Waals surface area contributed by atoms with E-state index in [1.165, 1.54) is 25.0 Å². The minimum Gasteiger partial charge on any atom is -0.367 e. The third-order valence-electron chi connectivity index (χ3n) is 6.43. The first-order valence-corrected chi connectivity index (χ1v) is 11.5. The molecule has 32 heavy (non-hydrogen) atoms. The van der Waals surface area contributed by atoms with Crippen LogP contribution in [-0.4, -0.2) is 59.2 Å². The van der Waals surface area contributed by atoms with Crippen molar-refractivity contribution in [3.05, 3.63) is 52.7 Å². The molecule has 1 aromatic carbocycles. The molecule has 1 aromatic heterocycles. The van der Waals surface area contributed by atoms with Gasteiger partial charge in [0, 0.05) is 25.0 Å². The Hall–Kier alpha value is -2.61. The van der Waals surface area contributed by atoms with Gasteiger partial charge in [0.1, 0.15) is 23.5 Å². The Morgan fingerprint density at radius 1 is 1.19 bits per heavy atom. The summed E-state index contributed by atoms with van der Waals surface area (Å²) in [6, 6.07) is 6.14.